The van der Waals surface area contributed by atoms with Gasteiger partial charge in [-0.2, -0.15) is 0 Å². The predicted octanol–water partition coefficient (Wildman–Crippen LogP) is 3.98. The maximum Gasteiger partial charge on any atom is 0.249 e. The molecule has 10 rings (SSSR count). The SMILES string of the molecule is Nc1nnc(-c2ccccc2O)cc1N1CC2CCC(C1)N2c1ncc(CCc2cn(Cc3ccc4c(c3)c3cccnc3n4C3CCC(=O)NC3=O)nn2)cn1. The number of aromatic hydroxyl groups is 1. The Bertz CT molecular complexity index is 2660. The number of nitrogen functional groups attached to an aromatic ring is 1. The van der Waals surface area contributed by atoms with E-state index in [0.717, 1.165) is 82.7 Å². The van der Waals surface area contributed by atoms with E-state index in [1.165, 1.54) is 0 Å². The molecule has 2 amide bonds. The molecule has 3 aliphatic heterocycles. The maximum absolute atomic E-state index is 12.8. The number of piperazine rings is 1. The summed E-state index contributed by atoms with van der Waals surface area (Å²) < 4.78 is 3.80. The van der Waals surface area contributed by atoms with Crippen molar-refractivity contribution in [2.24, 2.45) is 0 Å². The lowest BCUT2D eigenvalue weighted by Crippen LogP contribution is -2.54. The van der Waals surface area contributed by atoms with Gasteiger partial charge in [-0.3, -0.25) is 14.9 Å². The number of carbonyl (C=O) groups excluding carboxylic acids is 2. The fourth-order valence-corrected chi connectivity index (χ4v) is 8.76. The van der Waals surface area contributed by atoms with Gasteiger partial charge in [-0.1, -0.05) is 23.4 Å². The molecule has 3 unspecified atom stereocenters. The van der Waals surface area contributed by atoms with Gasteiger partial charge in [0.05, 0.1) is 29.1 Å². The summed E-state index contributed by atoms with van der Waals surface area (Å²) in [7, 11) is 0. The topological polar surface area (TPSA) is 199 Å². The number of imide groups is 1. The molecule has 0 aliphatic carbocycles. The number of anilines is 3. The summed E-state index contributed by atoms with van der Waals surface area (Å²) in [4.78, 5) is 43.6. The second kappa shape index (κ2) is 14.0. The van der Waals surface area contributed by atoms with Crippen molar-refractivity contribution in [3.05, 3.63) is 102 Å². The van der Waals surface area contributed by atoms with Crippen LogP contribution >= 0.6 is 0 Å². The van der Waals surface area contributed by atoms with Crippen molar-refractivity contribution >= 4 is 51.2 Å². The second-order valence-corrected chi connectivity index (χ2v) is 15.1. The molecule has 7 aromatic rings. The highest BCUT2D eigenvalue weighted by Gasteiger charge is 2.42. The largest absolute Gasteiger partial charge is 0.507 e. The third-order valence-corrected chi connectivity index (χ3v) is 11.5. The van der Waals surface area contributed by atoms with Gasteiger partial charge in [-0.05, 0) is 85.7 Å². The zero-order chi connectivity index (χ0) is 38.6. The molecule has 3 fully saturated rings. The Morgan fingerprint density at radius 1 is 0.842 bits per heavy atom. The number of hydrogen-bond donors (Lipinski definition) is 3. The molecule has 16 heteroatoms. The molecule has 3 saturated heterocycles. The van der Waals surface area contributed by atoms with Gasteiger partial charge in [0.1, 0.15) is 17.4 Å². The van der Waals surface area contributed by atoms with Crippen LogP contribution in [0.4, 0.5) is 17.5 Å². The van der Waals surface area contributed by atoms with Crippen LogP contribution in [-0.2, 0) is 29.0 Å². The number of hydrogen-bond acceptors (Lipinski definition) is 13. The Kier molecular flexibility index (Phi) is 8.45. The number of phenolic OH excluding ortho intramolecular Hbond substituents is 1. The number of phenols is 1. The van der Waals surface area contributed by atoms with Crippen LogP contribution < -0.4 is 20.9 Å². The number of nitrogens with two attached hydrogens (primary N) is 1. The standard InChI is InChI=1S/C41H39N13O3/c42-38-35(17-32(48-49-38)30-4-1-2-6-36(30)55)51-22-27-10-11-28(23-51)53(27)41-44-18-25(19-45-41)7-9-26-21-52(50-47-26)20-24-8-12-33-31(16-24)29-5-3-15-43-39(29)54(33)34-13-14-37(56)46-40(34)57/h1-6,8,12,15-19,21,27-28,34,55H,7,9-11,13-14,20,22-23H2,(H2,42,49)(H,46,56,57). The molecule has 5 aromatic heterocycles. The van der Waals surface area contributed by atoms with Crippen LogP contribution in [0.3, 0.4) is 0 Å². The van der Waals surface area contributed by atoms with E-state index in [0.29, 0.717) is 42.9 Å². The molecule has 2 bridgehead atoms. The molecule has 3 atom stereocenters. The molecule has 0 radical (unpaired) electrons. The van der Waals surface area contributed by atoms with Crippen LogP contribution in [0, 0.1) is 0 Å². The number of nitrogens with one attached hydrogen (secondary N) is 1. The molecule has 16 nitrogen and oxygen atoms in total. The summed E-state index contributed by atoms with van der Waals surface area (Å²) >= 11 is 0. The highest BCUT2D eigenvalue weighted by molar-refractivity contribution is 6.09. The highest BCUT2D eigenvalue weighted by Crippen LogP contribution is 2.38. The first kappa shape index (κ1) is 34.5. The molecular formula is C41H39N13O3. The zero-order valence-corrected chi connectivity index (χ0v) is 30.9. The third-order valence-electron chi connectivity index (χ3n) is 11.5. The Morgan fingerprint density at radius 2 is 1.67 bits per heavy atom. The minimum Gasteiger partial charge on any atom is -0.507 e. The Hall–Kier alpha value is -6.97. The van der Waals surface area contributed by atoms with Gasteiger partial charge in [0.2, 0.25) is 17.8 Å². The Balaban J connectivity index is 0.787. The van der Waals surface area contributed by atoms with Crippen molar-refractivity contribution in [2.45, 2.75) is 63.2 Å². The Morgan fingerprint density at radius 3 is 2.47 bits per heavy atom. The average molecular weight is 762 g/mol. The number of carbonyl (C=O) groups is 2. The lowest BCUT2D eigenvalue weighted by Gasteiger charge is -2.42. The van der Waals surface area contributed by atoms with Gasteiger partial charge in [0.15, 0.2) is 5.82 Å². The van der Waals surface area contributed by atoms with Gasteiger partial charge < -0.3 is 25.2 Å². The lowest BCUT2D eigenvalue weighted by atomic mass is 10.1. The number of para-hydroxylation sites is 1. The summed E-state index contributed by atoms with van der Waals surface area (Å²) in [5, 5.41) is 32.2. The fraction of sp³-hybridized carbons (Fsp3) is 0.293. The van der Waals surface area contributed by atoms with E-state index in [2.05, 4.69) is 46.7 Å². The number of pyridine rings is 1. The van der Waals surface area contributed by atoms with E-state index in [4.69, 9.17) is 15.7 Å². The van der Waals surface area contributed by atoms with Crippen LogP contribution in [0.15, 0.2) is 85.5 Å². The van der Waals surface area contributed by atoms with Gasteiger partial charge in [0, 0.05) is 72.7 Å². The summed E-state index contributed by atoms with van der Waals surface area (Å²) in [5.74, 6) is 0.718. The van der Waals surface area contributed by atoms with Gasteiger partial charge in [0.25, 0.3) is 0 Å². The van der Waals surface area contributed by atoms with E-state index >= 15 is 0 Å². The molecule has 0 saturated carbocycles. The molecule has 4 N–H and O–H groups in total. The van der Waals surface area contributed by atoms with Gasteiger partial charge in [-0.25, -0.2) is 19.6 Å². The number of amides is 2. The van der Waals surface area contributed by atoms with Crippen LogP contribution in [0.1, 0.15) is 48.5 Å². The quantitative estimate of drug-likeness (QED) is 0.179. The molecule has 3 aliphatic rings. The van der Waals surface area contributed by atoms with Crippen LogP contribution in [-0.4, -0.2) is 86.8 Å². The van der Waals surface area contributed by atoms with Crippen molar-refractivity contribution in [3.8, 4) is 17.0 Å². The van der Waals surface area contributed by atoms with Crippen molar-refractivity contribution in [3.63, 3.8) is 0 Å². The van der Waals surface area contributed by atoms with E-state index in [1.807, 2.05) is 70.3 Å². The number of fused-ring (bicyclic) bond motifs is 5. The van der Waals surface area contributed by atoms with Gasteiger partial charge >= 0.3 is 0 Å². The molecule has 57 heavy (non-hydrogen) atoms. The van der Waals surface area contributed by atoms with E-state index in [9.17, 15) is 14.7 Å². The first-order chi connectivity index (χ1) is 27.9. The molecular weight excluding hydrogens is 723 g/mol. The monoisotopic (exact) mass is 761 g/mol. The fourth-order valence-electron chi connectivity index (χ4n) is 8.76. The normalized spacial score (nSPS) is 19.5. The zero-order valence-electron chi connectivity index (χ0n) is 30.9. The minimum atomic E-state index is -0.502. The summed E-state index contributed by atoms with van der Waals surface area (Å²) in [5.41, 5.74) is 12.9. The second-order valence-electron chi connectivity index (χ2n) is 15.1. The number of rotatable bonds is 9. The van der Waals surface area contributed by atoms with Crippen molar-refractivity contribution < 1.29 is 14.7 Å². The molecule has 2 aromatic carbocycles. The smallest absolute Gasteiger partial charge is 0.249 e. The summed E-state index contributed by atoms with van der Waals surface area (Å²) in [6, 6.07) is 19.1. The number of benzene rings is 2. The molecule has 286 valence electrons. The van der Waals surface area contributed by atoms with Gasteiger partial charge in [-0.15, -0.1) is 15.3 Å². The first-order valence-electron chi connectivity index (χ1n) is 19.2. The predicted molar refractivity (Wildman–Crippen MR) is 212 cm³/mol. The number of aryl methyl sites for hydroxylation is 2. The van der Waals surface area contributed by atoms with E-state index < -0.39 is 6.04 Å². The van der Waals surface area contributed by atoms with Crippen LogP contribution in [0.5, 0.6) is 5.75 Å². The van der Waals surface area contributed by atoms with Crippen molar-refractivity contribution in [1.82, 2.24) is 50.0 Å². The third kappa shape index (κ3) is 6.32. The van der Waals surface area contributed by atoms with E-state index in [-0.39, 0.29) is 29.6 Å². The van der Waals surface area contributed by atoms with E-state index in [1.54, 1.807) is 18.3 Å². The van der Waals surface area contributed by atoms with Crippen molar-refractivity contribution in [2.75, 3.05) is 28.6 Å². The lowest BCUT2D eigenvalue weighted by molar-refractivity contribution is -0.135. The van der Waals surface area contributed by atoms with Crippen molar-refractivity contribution in [1.29, 1.82) is 0 Å². The molecule has 8 heterocycles. The highest BCUT2D eigenvalue weighted by atomic mass is 16.3. The Labute approximate surface area is 326 Å². The first-order valence-corrected chi connectivity index (χ1v) is 19.2. The average Bonchev–Trinajstić information content (AvgIpc) is 3.89. The van der Waals surface area contributed by atoms with Crippen LogP contribution in [0.25, 0.3) is 33.2 Å². The summed E-state index contributed by atoms with van der Waals surface area (Å²) in [6.45, 7) is 2.04. The van der Waals surface area contributed by atoms with Crippen LogP contribution in [0.2, 0.25) is 0 Å². The summed E-state index contributed by atoms with van der Waals surface area (Å²) in [6.07, 6.45) is 11.7. The maximum atomic E-state index is 12.8. The number of nitrogens with zero attached hydrogens (tertiary/aromatic N) is 11. The number of piperidine rings is 1. The minimum absolute atomic E-state index is 0.152. The number of aromatic nitrogens is 9. The molecule has 0 spiro atoms.